The number of nitrogens with two attached hydrogens (primary N) is 1. The lowest BCUT2D eigenvalue weighted by molar-refractivity contribution is 0.288. The fraction of sp³-hybridized carbons (Fsp3) is 0.500. The molecule has 0 aliphatic carbocycles. The number of aryl methyl sites for hydroxylation is 1. The normalized spacial score (nSPS) is 11.9. The van der Waals surface area contributed by atoms with Crippen LogP contribution < -0.4 is 10.6 Å². The van der Waals surface area contributed by atoms with Crippen molar-refractivity contribution in [1.82, 2.24) is 0 Å². The molecule has 0 unspecified atom stereocenters. The van der Waals surface area contributed by atoms with Gasteiger partial charge in [-0.2, -0.15) is 0 Å². The molecule has 5 nitrogen and oxygen atoms in total. The lowest BCUT2D eigenvalue weighted by Crippen LogP contribution is -2.35. The third-order valence-corrected chi connectivity index (χ3v) is 3.09. The van der Waals surface area contributed by atoms with Gasteiger partial charge >= 0.3 is 0 Å². The predicted molar refractivity (Wildman–Crippen MR) is 77.9 cm³/mol. The van der Waals surface area contributed by atoms with Gasteiger partial charge in [-0.1, -0.05) is 17.3 Å². The number of benzene rings is 1. The Morgan fingerprint density at radius 3 is 2.63 bits per heavy atom. The second-order valence-electron chi connectivity index (χ2n) is 4.82. The van der Waals surface area contributed by atoms with E-state index >= 15 is 0 Å². The van der Waals surface area contributed by atoms with Crippen molar-refractivity contribution >= 4 is 11.5 Å². The quantitative estimate of drug-likeness (QED) is 0.316. The van der Waals surface area contributed by atoms with E-state index < -0.39 is 0 Å². The van der Waals surface area contributed by atoms with E-state index in [9.17, 15) is 0 Å². The van der Waals surface area contributed by atoms with Crippen LogP contribution in [0.1, 0.15) is 31.4 Å². The van der Waals surface area contributed by atoms with Gasteiger partial charge < -0.3 is 20.9 Å². The summed E-state index contributed by atoms with van der Waals surface area (Å²) in [7, 11) is 0. The van der Waals surface area contributed by atoms with Crippen molar-refractivity contribution in [2.24, 2.45) is 10.9 Å². The van der Waals surface area contributed by atoms with Gasteiger partial charge in [-0.3, -0.25) is 0 Å². The van der Waals surface area contributed by atoms with E-state index in [0.29, 0.717) is 12.0 Å². The fourth-order valence-corrected chi connectivity index (χ4v) is 2.17. The van der Waals surface area contributed by atoms with Crippen molar-refractivity contribution in [3.05, 3.63) is 29.3 Å². The van der Waals surface area contributed by atoms with E-state index in [1.807, 2.05) is 25.1 Å². The first-order valence-corrected chi connectivity index (χ1v) is 6.48. The number of oxime groups is 1. The molecular formula is C14H23N3O2. The number of para-hydroxylation sites is 1. The number of aliphatic hydroxyl groups is 1. The van der Waals surface area contributed by atoms with Crippen LogP contribution in [0.4, 0.5) is 5.69 Å². The topological polar surface area (TPSA) is 82.1 Å². The average Bonchev–Trinajstić information content (AvgIpc) is 2.39. The van der Waals surface area contributed by atoms with Gasteiger partial charge in [0.1, 0.15) is 0 Å². The van der Waals surface area contributed by atoms with Crippen LogP contribution in [0.15, 0.2) is 23.4 Å². The number of hydrogen-bond donors (Lipinski definition) is 3. The standard InChI is InChI=1S/C14H23N3O2/c1-10(2)17(8-5-9-18)13-11(3)6-4-7-12(13)14(15)16-19/h4,6-7,10,18-19H,5,8-9H2,1-3H3,(H2,15,16). The smallest absolute Gasteiger partial charge is 0.172 e. The van der Waals surface area contributed by atoms with Crippen molar-refractivity contribution in [1.29, 1.82) is 0 Å². The number of hydrogen-bond acceptors (Lipinski definition) is 4. The predicted octanol–water partition coefficient (Wildman–Crippen LogP) is 1.69. The zero-order chi connectivity index (χ0) is 14.4. The average molecular weight is 265 g/mol. The first-order chi connectivity index (χ1) is 9.02. The maximum atomic E-state index is 9.02. The summed E-state index contributed by atoms with van der Waals surface area (Å²) in [6, 6.07) is 5.98. The summed E-state index contributed by atoms with van der Waals surface area (Å²) in [4.78, 5) is 2.17. The highest BCUT2D eigenvalue weighted by atomic mass is 16.4. The maximum absolute atomic E-state index is 9.02. The summed E-state index contributed by atoms with van der Waals surface area (Å²) < 4.78 is 0. The van der Waals surface area contributed by atoms with Gasteiger partial charge in [0, 0.05) is 24.8 Å². The molecule has 19 heavy (non-hydrogen) atoms. The Bertz CT molecular complexity index is 444. The van der Waals surface area contributed by atoms with Crippen molar-refractivity contribution < 1.29 is 10.3 Å². The molecule has 0 bridgehead atoms. The van der Waals surface area contributed by atoms with Crippen LogP contribution in [0.3, 0.4) is 0 Å². The van der Waals surface area contributed by atoms with Gasteiger partial charge in [0.15, 0.2) is 5.84 Å². The summed E-state index contributed by atoms with van der Waals surface area (Å²) >= 11 is 0. The molecule has 0 saturated heterocycles. The zero-order valence-electron chi connectivity index (χ0n) is 11.8. The molecule has 0 saturated carbocycles. The van der Waals surface area contributed by atoms with Crippen LogP contribution in [0.25, 0.3) is 0 Å². The Morgan fingerprint density at radius 1 is 1.42 bits per heavy atom. The van der Waals surface area contributed by atoms with Crippen molar-refractivity contribution in [3.8, 4) is 0 Å². The van der Waals surface area contributed by atoms with Gasteiger partial charge in [-0.15, -0.1) is 0 Å². The maximum Gasteiger partial charge on any atom is 0.172 e. The van der Waals surface area contributed by atoms with Crippen molar-refractivity contribution in [2.45, 2.75) is 33.2 Å². The van der Waals surface area contributed by atoms with Crippen LogP contribution in [-0.4, -0.2) is 35.3 Å². The SMILES string of the molecule is Cc1cccc(/C(N)=N/O)c1N(CCCO)C(C)C. The third kappa shape index (κ3) is 3.61. The molecule has 0 radical (unpaired) electrons. The minimum absolute atomic E-state index is 0.105. The van der Waals surface area contributed by atoms with Gasteiger partial charge in [-0.05, 0) is 38.8 Å². The number of amidine groups is 1. The molecule has 5 heteroatoms. The van der Waals surface area contributed by atoms with E-state index in [0.717, 1.165) is 17.8 Å². The van der Waals surface area contributed by atoms with E-state index in [4.69, 9.17) is 16.0 Å². The van der Waals surface area contributed by atoms with Crippen LogP contribution in [-0.2, 0) is 0 Å². The van der Waals surface area contributed by atoms with E-state index in [2.05, 4.69) is 23.9 Å². The highest BCUT2D eigenvalue weighted by molar-refractivity contribution is 6.02. The molecule has 1 aromatic carbocycles. The second kappa shape index (κ2) is 6.99. The molecule has 106 valence electrons. The van der Waals surface area contributed by atoms with Crippen LogP contribution >= 0.6 is 0 Å². The minimum atomic E-state index is 0.105. The Kier molecular flexibility index (Phi) is 5.63. The summed E-state index contributed by atoms with van der Waals surface area (Å²) in [6.07, 6.45) is 0.683. The van der Waals surface area contributed by atoms with Gasteiger partial charge in [0.2, 0.25) is 0 Å². The highest BCUT2D eigenvalue weighted by Crippen LogP contribution is 2.27. The Labute approximate surface area is 114 Å². The highest BCUT2D eigenvalue weighted by Gasteiger charge is 2.18. The fourth-order valence-electron chi connectivity index (χ4n) is 2.17. The third-order valence-electron chi connectivity index (χ3n) is 3.09. The summed E-state index contributed by atoms with van der Waals surface area (Å²) in [5, 5.41) is 21.0. The van der Waals surface area contributed by atoms with E-state index in [1.54, 1.807) is 0 Å². The molecule has 4 N–H and O–H groups in total. The Hall–Kier alpha value is -1.75. The Morgan fingerprint density at radius 2 is 2.11 bits per heavy atom. The van der Waals surface area contributed by atoms with Gasteiger partial charge in [0.05, 0.1) is 5.69 Å². The van der Waals surface area contributed by atoms with Crippen LogP contribution in [0, 0.1) is 6.92 Å². The van der Waals surface area contributed by atoms with Crippen molar-refractivity contribution in [2.75, 3.05) is 18.1 Å². The molecule has 1 aromatic rings. The lowest BCUT2D eigenvalue weighted by Gasteiger charge is -2.32. The number of aliphatic hydroxyl groups excluding tert-OH is 1. The van der Waals surface area contributed by atoms with Gasteiger partial charge in [-0.25, -0.2) is 0 Å². The molecule has 0 heterocycles. The monoisotopic (exact) mass is 265 g/mol. The first kappa shape index (κ1) is 15.3. The molecule has 0 atom stereocenters. The van der Waals surface area contributed by atoms with E-state index in [-0.39, 0.29) is 18.5 Å². The van der Waals surface area contributed by atoms with Crippen LogP contribution in [0.2, 0.25) is 0 Å². The van der Waals surface area contributed by atoms with Gasteiger partial charge in [0.25, 0.3) is 0 Å². The first-order valence-electron chi connectivity index (χ1n) is 6.48. The lowest BCUT2D eigenvalue weighted by atomic mass is 10.0. The molecule has 0 fully saturated rings. The number of nitrogens with zero attached hydrogens (tertiary/aromatic N) is 2. The molecule has 0 aliphatic heterocycles. The summed E-state index contributed by atoms with van der Waals surface area (Å²) in [5.41, 5.74) is 8.50. The second-order valence-corrected chi connectivity index (χ2v) is 4.82. The molecule has 0 aliphatic rings. The molecule has 0 spiro atoms. The van der Waals surface area contributed by atoms with Crippen LogP contribution in [0.5, 0.6) is 0 Å². The summed E-state index contributed by atoms with van der Waals surface area (Å²) in [6.45, 7) is 7.04. The summed E-state index contributed by atoms with van der Waals surface area (Å²) in [5.74, 6) is 0.105. The largest absolute Gasteiger partial charge is 0.409 e. The van der Waals surface area contributed by atoms with Crippen molar-refractivity contribution in [3.63, 3.8) is 0 Å². The Balaban J connectivity index is 3.28. The molecule has 1 rings (SSSR count). The number of anilines is 1. The minimum Gasteiger partial charge on any atom is -0.409 e. The zero-order valence-corrected chi connectivity index (χ0v) is 11.8. The number of rotatable bonds is 6. The molecule has 0 amide bonds. The molecule has 0 aromatic heterocycles. The van der Waals surface area contributed by atoms with E-state index in [1.165, 1.54) is 0 Å². The molecular weight excluding hydrogens is 242 g/mol.